The summed E-state index contributed by atoms with van der Waals surface area (Å²) in [6.45, 7) is 4.03. The van der Waals surface area contributed by atoms with Gasteiger partial charge in [-0.2, -0.15) is 5.10 Å². The first-order chi connectivity index (χ1) is 14.5. The SMILES string of the molecule is COc1ccc(-n2c(C)cc(/C=N\NC(=O)c3ccc(OC)cc3OC)c2C)cc1. The van der Waals surface area contributed by atoms with E-state index in [-0.39, 0.29) is 5.91 Å². The Bertz CT molecular complexity index is 1070. The first kappa shape index (κ1) is 21.0. The van der Waals surface area contributed by atoms with Crippen LogP contribution < -0.4 is 19.6 Å². The first-order valence-electron chi connectivity index (χ1n) is 9.37. The second-order valence-corrected chi connectivity index (χ2v) is 6.63. The van der Waals surface area contributed by atoms with Gasteiger partial charge in [0.1, 0.15) is 17.2 Å². The summed E-state index contributed by atoms with van der Waals surface area (Å²) in [4.78, 5) is 12.5. The maximum absolute atomic E-state index is 12.5. The monoisotopic (exact) mass is 407 g/mol. The van der Waals surface area contributed by atoms with E-state index in [1.807, 2.05) is 44.2 Å². The molecule has 1 amide bonds. The van der Waals surface area contributed by atoms with Crippen LogP contribution >= 0.6 is 0 Å². The zero-order valence-electron chi connectivity index (χ0n) is 17.7. The van der Waals surface area contributed by atoms with Gasteiger partial charge < -0.3 is 18.8 Å². The summed E-state index contributed by atoms with van der Waals surface area (Å²) in [6.07, 6.45) is 1.64. The predicted octanol–water partition coefficient (Wildman–Crippen LogP) is 3.88. The third-order valence-electron chi connectivity index (χ3n) is 4.82. The van der Waals surface area contributed by atoms with Gasteiger partial charge in [0, 0.05) is 28.7 Å². The number of benzene rings is 2. The molecule has 0 aliphatic rings. The van der Waals surface area contributed by atoms with Gasteiger partial charge in [0.05, 0.1) is 33.1 Å². The number of methoxy groups -OCH3 is 3. The third kappa shape index (κ3) is 4.30. The highest BCUT2D eigenvalue weighted by Gasteiger charge is 2.13. The lowest BCUT2D eigenvalue weighted by molar-refractivity contribution is 0.0952. The van der Waals surface area contributed by atoms with Crippen LogP contribution in [0.2, 0.25) is 0 Å². The van der Waals surface area contributed by atoms with E-state index in [9.17, 15) is 4.79 Å². The fourth-order valence-electron chi connectivity index (χ4n) is 3.25. The lowest BCUT2D eigenvalue weighted by Gasteiger charge is -2.10. The van der Waals surface area contributed by atoms with Gasteiger partial charge in [0.25, 0.3) is 5.91 Å². The summed E-state index contributed by atoms with van der Waals surface area (Å²) in [5, 5.41) is 4.13. The minimum atomic E-state index is -0.366. The van der Waals surface area contributed by atoms with Crippen molar-refractivity contribution in [2.75, 3.05) is 21.3 Å². The van der Waals surface area contributed by atoms with Crippen molar-refractivity contribution in [1.82, 2.24) is 9.99 Å². The average Bonchev–Trinajstić information content (AvgIpc) is 3.06. The maximum Gasteiger partial charge on any atom is 0.275 e. The summed E-state index contributed by atoms with van der Waals surface area (Å²) in [5.74, 6) is 1.46. The minimum absolute atomic E-state index is 0.366. The van der Waals surface area contributed by atoms with E-state index in [0.29, 0.717) is 17.1 Å². The van der Waals surface area contributed by atoms with Crippen LogP contribution in [0.3, 0.4) is 0 Å². The number of rotatable bonds is 7. The highest BCUT2D eigenvalue weighted by atomic mass is 16.5. The van der Waals surface area contributed by atoms with Gasteiger partial charge in [-0.15, -0.1) is 0 Å². The molecule has 0 fully saturated rings. The Kier molecular flexibility index (Phi) is 6.41. The van der Waals surface area contributed by atoms with Gasteiger partial charge in [-0.25, -0.2) is 5.43 Å². The highest BCUT2D eigenvalue weighted by Crippen LogP contribution is 2.25. The Morgan fingerprint density at radius 3 is 2.23 bits per heavy atom. The number of aromatic nitrogens is 1. The molecule has 3 rings (SSSR count). The summed E-state index contributed by atoms with van der Waals surface area (Å²) in [7, 11) is 4.70. The second-order valence-electron chi connectivity index (χ2n) is 6.63. The Morgan fingerprint density at radius 1 is 0.933 bits per heavy atom. The normalized spacial score (nSPS) is 10.8. The molecule has 1 N–H and O–H groups in total. The standard InChI is InChI=1S/C23H25N3O4/c1-15-12-17(16(2)26(15)18-6-8-19(28-3)9-7-18)14-24-25-23(27)21-11-10-20(29-4)13-22(21)30-5/h6-14H,1-5H3,(H,25,27)/b24-14-. The number of nitrogens with zero attached hydrogens (tertiary/aromatic N) is 2. The lowest BCUT2D eigenvalue weighted by atomic mass is 10.2. The quantitative estimate of drug-likeness (QED) is 0.476. The van der Waals surface area contributed by atoms with E-state index in [2.05, 4.69) is 15.1 Å². The predicted molar refractivity (Wildman–Crippen MR) is 116 cm³/mol. The number of carbonyl (C=O) groups excluding carboxylic acids is 1. The molecule has 30 heavy (non-hydrogen) atoms. The van der Waals surface area contributed by atoms with Crippen molar-refractivity contribution in [3.05, 3.63) is 71.0 Å². The zero-order valence-corrected chi connectivity index (χ0v) is 17.7. The van der Waals surface area contributed by atoms with Gasteiger partial charge >= 0.3 is 0 Å². The van der Waals surface area contributed by atoms with Crippen LogP contribution in [0.25, 0.3) is 5.69 Å². The molecule has 0 aliphatic heterocycles. The van der Waals surface area contributed by atoms with E-state index in [1.54, 1.807) is 38.6 Å². The fraction of sp³-hybridized carbons (Fsp3) is 0.217. The summed E-state index contributed by atoms with van der Waals surface area (Å²) < 4.78 is 17.8. The number of aryl methyl sites for hydroxylation is 1. The van der Waals surface area contributed by atoms with Crippen LogP contribution in [-0.2, 0) is 0 Å². The lowest BCUT2D eigenvalue weighted by Crippen LogP contribution is -2.18. The largest absolute Gasteiger partial charge is 0.497 e. The molecule has 0 aliphatic carbocycles. The van der Waals surface area contributed by atoms with Gasteiger partial charge in [0.2, 0.25) is 0 Å². The number of hydrazone groups is 1. The van der Waals surface area contributed by atoms with Crippen LogP contribution in [0.1, 0.15) is 27.3 Å². The average molecular weight is 407 g/mol. The van der Waals surface area contributed by atoms with Gasteiger partial charge in [-0.1, -0.05) is 0 Å². The molecule has 0 saturated heterocycles. The van der Waals surface area contributed by atoms with Gasteiger partial charge in [-0.05, 0) is 56.3 Å². The summed E-state index contributed by atoms with van der Waals surface area (Å²) in [5.41, 5.74) is 6.93. The molecule has 1 heterocycles. The van der Waals surface area contributed by atoms with E-state index < -0.39 is 0 Å². The molecule has 0 spiro atoms. The first-order valence-corrected chi connectivity index (χ1v) is 9.37. The molecule has 0 saturated carbocycles. The second kappa shape index (κ2) is 9.17. The van der Waals surface area contributed by atoms with Crippen molar-refractivity contribution in [3.8, 4) is 22.9 Å². The van der Waals surface area contributed by atoms with Crippen LogP contribution in [0, 0.1) is 13.8 Å². The molecule has 156 valence electrons. The highest BCUT2D eigenvalue weighted by molar-refractivity contribution is 5.97. The third-order valence-corrected chi connectivity index (χ3v) is 4.82. The van der Waals surface area contributed by atoms with E-state index >= 15 is 0 Å². The molecule has 0 bridgehead atoms. The fourth-order valence-corrected chi connectivity index (χ4v) is 3.25. The van der Waals surface area contributed by atoms with E-state index in [1.165, 1.54) is 7.11 Å². The molecular formula is C23H25N3O4. The molecule has 0 unspecified atom stereocenters. The molecule has 0 radical (unpaired) electrons. The van der Waals surface area contributed by atoms with Crippen molar-refractivity contribution in [2.24, 2.45) is 5.10 Å². The van der Waals surface area contributed by atoms with Crippen LogP contribution in [0.4, 0.5) is 0 Å². The van der Waals surface area contributed by atoms with Crippen molar-refractivity contribution in [1.29, 1.82) is 0 Å². The molecule has 0 atom stereocenters. The molecular weight excluding hydrogens is 382 g/mol. The maximum atomic E-state index is 12.5. The van der Waals surface area contributed by atoms with Gasteiger partial charge in [-0.3, -0.25) is 4.79 Å². The van der Waals surface area contributed by atoms with Crippen LogP contribution in [0.5, 0.6) is 17.2 Å². The van der Waals surface area contributed by atoms with Gasteiger partial charge in [0.15, 0.2) is 0 Å². The molecule has 7 heteroatoms. The number of hydrogen-bond donors (Lipinski definition) is 1. The van der Waals surface area contributed by atoms with E-state index in [0.717, 1.165) is 28.4 Å². The molecule has 1 aromatic heterocycles. The number of hydrogen-bond acceptors (Lipinski definition) is 5. The van der Waals surface area contributed by atoms with Crippen molar-refractivity contribution >= 4 is 12.1 Å². The Balaban J connectivity index is 1.78. The Hall–Kier alpha value is -3.74. The number of amides is 1. The Labute approximate surface area is 175 Å². The zero-order chi connectivity index (χ0) is 21.7. The number of carbonyl (C=O) groups is 1. The summed E-state index contributed by atoms with van der Waals surface area (Å²) in [6, 6.07) is 14.8. The molecule has 7 nitrogen and oxygen atoms in total. The van der Waals surface area contributed by atoms with Crippen molar-refractivity contribution in [3.63, 3.8) is 0 Å². The number of nitrogens with one attached hydrogen (secondary N) is 1. The van der Waals surface area contributed by atoms with Crippen LogP contribution in [-0.4, -0.2) is 38.0 Å². The summed E-state index contributed by atoms with van der Waals surface area (Å²) >= 11 is 0. The number of ether oxygens (including phenoxy) is 3. The molecule has 2 aromatic carbocycles. The van der Waals surface area contributed by atoms with E-state index in [4.69, 9.17) is 14.2 Å². The van der Waals surface area contributed by atoms with Crippen molar-refractivity contribution in [2.45, 2.75) is 13.8 Å². The van der Waals surface area contributed by atoms with Crippen LogP contribution in [0.15, 0.2) is 53.6 Å². The molecule has 3 aromatic rings. The Morgan fingerprint density at radius 2 is 1.60 bits per heavy atom. The smallest absolute Gasteiger partial charge is 0.275 e. The minimum Gasteiger partial charge on any atom is -0.497 e. The topological polar surface area (TPSA) is 74.1 Å². The van der Waals surface area contributed by atoms with Crippen molar-refractivity contribution < 1.29 is 19.0 Å².